The molecule has 2 rings (SSSR count). The molecule has 0 aliphatic carbocycles. The van der Waals surface area contributed by atoms with Gasteiger partial charge in [-0.25, -0.2) is 0 Å². The Labute approximate surface area is 156 Å². The van der Waals surface area contributed by atoms with Gasteiger partial charge in [0.25, 0.3) is 0 Å². The van der Waals surface area contributed by atoms with E-state index >= 15 is 0 Å². The predicted octanol–water partition coefficient (Wildman–Crippen LogP) is 4.87. The maximum Gasteiger partial charge on any atom is 0.417 e. The van der Waals surface area contributed by atoms with Gasteiger partial charge in [-0.1, -0.05) is 54.6 Å². The summed E-state index contributed by atoms with van der Waals surface area (Å²) in [5.41, 5.74) is 0.703. The van der Waals surface area contributed by atoms with Crippen LogP contribution in [0.5, 0.6) is 0 Å². The molecule has 0 radical (unpaired) electrons. The molecule has 1 N–H and O–H groups in total. The topological polar surface area (TPSA) is 38.3 Å². The maximum absolute atomic E-state index is 13.3. The van der Waals surface area contributed by atoms with E-state index in [-0.39, 0.29) is 18.2 Å². The lowest BCUT2D eigenvalue weighted by Gasteiger charge is -2.12. The summed E-state index contributed by atoms with van der Waals surface area (Å²) in [6, 6.07) is 14.6. The van der Waals surface area contributed by atoms with E-state index in [1.807, 2.05) is 32.0 Å². The first kappa shape index (κ1) is 20.7. The lowest BCUT2D eigenvalue weighted by Crippen LogP contribution is -2.23. The first-order chi connectivity index (χ1) is 12.8. The molecule has 2 aromatic carbocycles. The average molecular weight is 377 g/mol. The minimum Gasteiger partial charge on any atom is -0.374 e. The molecule has 6 heteroatoms. The number of allylic oxidation sites excluding steroid dienone is 1. The number of benzene rings is 2. The third kappa shape index (κ3) is 6.90. The summed E-state index contributed by atoms with van der Waals surface area (Å²) in [5.74, 6) is -0.796. The van der Waals surface area contributed by atoms with Crippen molar-refractivity contribution in [2.75, 3.05) is 0 Å². The molecule has 0 atom stereocenters. The zero-order chi connectivity index (χ0) is 19.9. The highest BCUT2D eigenvalue weighted by Crippen LogP contribution is 2.33. The van der Waals surface area contributed by atoms with Crippen molar-refractivity contribution in [2.24, 2.45) is 0 Å². The quantitative estimate of drug-likeness (QED) is 0.699. The maximum atomic E-state index is 13.3. The van der Waals surface area contributed by atoms with Gasteiger partial charge in [0.05, 0.1) is 18.3 Å². The minimum absolute atomic E-state index is 0.0482. The third-order valence-electron chi connectivity index (χ3n) is 3.71. The zero-order valence-electron chi connectivity index (χ0n) is 15.2. The molecule has 0 bridgehead atoms. The Morgan fingerprint density at radius 1 is 1.07 bits per heavy atom. The summed E-state index contributed by atoms with van der Waals surface area (Å²) in [4.78, 5) is 12.0. The van der Waals surface area contributed by atoms with Crippen molar-refractivity contribution in [3.05, 3.63) is 77.4 Å². The number of nitrogens with one attached hydrogen (secondary N) is 1. The molecule has 144 valence electrons. The molecule has 0 aliphatic rings. The third-order valence-corrected chi connectivity index (χ3v) is 3.71. The summed E-state index contributed by atoms with van der Waals surface area (Å²) in [5, 5.41) is 2.51. The molecule has 0 aliphatic heterocycles. The average Bonchev–Trinajstić information content (AvgIpc) is 2.63. The summed E-state index contributed by atoms with van der Waals surface area (Å²) in [7, 11) is 0. The lowest BCUT2D eigenvalue weighted by molar-refractivity contribution is -0.117. The van der Waals surface area contributed by atoms with Crippen LogP contribution in [-0.2, 0) is 22.7 Å². The molecule has 0 unspecified atom stereocenters. The second-order valence-electron chi connectivity index (χ2n) is 6.32. The number of carbonyl (C=O) groups excluding carboxylic acids is 1. The Bertz CT molecular complexity index is 784. The fourth-order valence-corrected chi connectivity index (χ4v) is 2.41. The van der Waals surface area contributed by atoms with Crippen LogP contribution in [0.3, 0.4) is 0 Å². The molecule has 27 heavy (non-hydrogen) atoms. The van der Waals surface area contributed by atoms with Crippen molar-refractivity contribution in [1.29, 1.82) is 0 Å². The second-order valence-corrected chi connectivity index (χ2v) is 6.32. The van der Waals surface area contributed by atoms with E-state index in [1.54, 1.807) is 12.1 Å². The van der Waals surface area contributed by atoms with E-state index in [2.05, 4.69) is 5.32 Å². The van der Waals surface area contributed by atoms with Gasteiger partial charge in [-0.05, 0) is 30.5 Å². The summed E-state index contributed by atoms with van der Waals surface area (Å²) in [6.07, 6.45) is -3.93. The van der Waals surface area contributed by atoms with Crippen molar-refractivity contribution in [2.45, 2.75) is 39.3 Å². The van der Waals surface area contributed by atoms with Crippen molar-refractivity contribution >= 4 is 11.5 Å². The van der Waals surface area contributed by atoms with E-state index in [1.165, 1.54) is 24.3 Å². The van der Waals surface area contributed by atoms with Gasteiger partial charge in [0.2, 0.25) is 5.91 Å². The Balaban J connectivity index is 2.06. The first-order valence-electron chi connectivity index (χ1n) is 8.57. The van der Waals surface area contributed by atoms with E-state index in [0.29, 0.717) is 12.7 Å². The largest absolute Gasteiger partial charge is 0.417 e. The Morgan fingerprint density at radius 2 is 1.74 bits per heavy atom. The smallest absolute Gasteiger partial charge is 0.374 e. The number of hydrogen-bond acceptors (Lipinski definition) is 2. The Kier molecular flexibility index (Phi) is 7.19. The van der Waals surface area contributed by atoms with E-state index < -0.39 is 17.7 Å². The van der Waals surface area contributed by atoms with Gasteiger partial charge in [-0.15, -0.1) is 0 Å². The van der Waals surface area contributed by atoms with Crippen LogP contribution in [0.4, 0.5) is 13.2 Å². The highest BCUT2D eigenvalue weighted by atomic mass is 19.4. The fourth-order valence-electron chi connectivity index (χ4n) is 2.41. The van der Waals surface area contributed by atoms with Crippen LogP contribution in [0, 0.1) is 0 Å². The number of halogens is 3. The predicted molar refractivity (Wildman–Crippen MR) is 98.7 cm³/mol. The molecule has 0 fully saturated rings. The Morgan fingerprint density at radius 3 is 2.37 bits per heavy atom. The lowest BCUT2D eigenvalue weighted by atomic mass is 10.1. The van der Waals surface area contributed by atoms with Gasteiger partial charge in [0.15, 0.2) is 0 Å². The van der Waals surface area contributed by atoms with Crippen molar-refractivity contribution in [1.82, 2.24) is 5.32 Å². The van der Waals surface area contributed by atoms with Gasteiger partial charge < -0.3 is 10.1 Å². The summed E-state index contributed by atoms with van der Waals surface area (Å²) in [6.45, 7) is 4.43. The van der Waals surface area contributed by atoms with Gasteiger partial charge in [0, 0.05) is 12.6 Å². The van der Waals surface area contributed by atoms with Crippen molar-refractivity contribution in [3.8, 4) is 0 Å². The monoisotopic (exact) mass is 377 g/mol. The normalized spacial score (nSPS) is 12.3. The van der Waals surface area contributed by atoms with Gasteiger partial charge in [-0.3, -0.25) is 4.79 Å². The van der Waals surface area contributed by atoms with E-state index in [9.17, 15) is 18.0 Å². The SMILES string of the molecule is CC(C)OCc1cccc(CNC(=O)/C=C(/c2ccccc2)C(F)(F)F)c1. The first-order valence-corrected chi connectivity index (χ1v) is 8.57. The zero-order valence-corrected chi connectivity index (χ0v) is 15.2. The minimum atomic E-state index is -4.62. The van der Waals surface area contributed by atoms with Gasteiger partial charge in [-0.2, -0.15) is 13.2 Å². The number of ether oxygens (including phenoxy) is 1. The highest BCUT2D eigenvalue weighted by molar-refractivity contribution is 5.96. The molecular formula is C21H22F3NO2. The van der Waals surface area contributed by atoms with Crippen molar-refractivity contribution in [3.63, 3.8) is 0 Å². The molecule has 0 heterocycles. The van der Waals surface area contributed by atoms with Crippen LogP contribution in [0.1, 0.15) is 30.5 Å². The van der Waals surface area contributed by atoms with Crippen LogP contribution < -0.4 is 5.32 Å². The van der Waals surface area contributed by atoms with Crippen LogP contribution in [0.15, 0.2) is 60.7 Å². The fraction of sp³-hybridized carbons (Fsp3) is 0.286. The molecule has 0 saturated heterocycles. The standard InChI is InChI=1S/C21H22F3NO2/c1-15(2)27-14-17-8-6-7-16(11-17)13-25-20(26)12-19(21(22,23)24)18-9-4-3-5-10-18/h3-12,15H,13-14H2,1-2H3,(H,25,26)/b19-12-. The van der Waals surface area contributed by atoms with Crippen LogP contribution in [0.2, 0.25) is 0 Å². The molecule has 0 spiro atoms. The summed E-state index contributed by atoms with van der Waals surface area (Å²) < 4.78 is 45.3. The highest BCUT2D eigenvalue weighted by Gasteiger charge is 2.35. The number of amides is 1. The number of rotatable bonds is 7. The number of carbonyl (C=O) groups is 1. The number of hydrogen-bond donors (Lipinski definition) is 1. The van der Waals surface area contributed by atoms with Gasteiger partial charge >= 0.3 is 6.18 Å². The van der Waals surface area contributed by atoms with Crippen LogP contribution >= 0.6 is 0 Å². The van der Waals surface area contributed by atoms with Gasteiger partial charge in [0.1, 0.15) is 0 Å². The van der Waals surface area contributed by atoms with E-state index in [4.69, 9.17) is 4.74 Å². The van der Waals surface area contributed by atoms with Crippen LogP contribution in [0.25, 0.3) is 5.57 Å². The molecular weight excluding hydrogens is 355 g/mol. The Hall–Kier alpha value is -2.60. The molecule has 1 amide bonds. The molecule has 0 aromatic heterocycles. The van der Waals surface area contributed by atoms with Crippen LogP contribution in [-0.4, -0.2) is 18.2 Å². The van der Waals surface area contributed by atoms with Crippen molar-refractivity contribution < 1.29 is 22.7 Å². The van der Waals surface area contributed by atoms with E-state index in [0.717, 1.165) is 11.1 Å². The molecule has 3 nitrogen and oxygen atoms in total. The molecule has 2 aromatic rings. The summed E-state index contributed by atoms with van der Waals surface area (Å²) >= 11 is 0. The second kappa shape index (κ2) is 9.37. The number of alkyl halides is 3. The molecule has 0 saturated carbocycles.